The van der Waals surface area contributed by atoms with Gasteiger partial charge in [0.05, 0.1) is 4.90 Å². The molecule has 1 aliphatic rings. The van der Waals surface area contributed by atoms with Crippen LogP contribution < -0.4 is 14.9 Å². The van der Waals surface area contributed by atoms with Gasteiger partial charge in [0.25, 0.3) is 0 Å². The minimum Gasteiger partial charge on any atom is -0.370 e. The van der Waals surface area contributed by atoms with Gasteiger partial charge in [-0.25, -0.2) is 13.1 Å². The van der Waals surface area contributed by atoms with Gasteiger partial charge in [-0.3, -0.25) is 4.79 Å². The van der Waals surface area contributed by atoms with E-state index >= 15 is 0 Å². The summed E-state index contributed by atoms with van der Waals surface area (Å²) in [6.07, 6.45) is 0.0909. The second-order valence-electron chi connectivity index (χ2n) is 7.46. The van der Waals surface area contributed by atoms with Crippen molar-refractivity contribution in [2.24, 2.45) is 0 Å². The van der Waals surface area contributed by atoms with Gasteiger partial charge in [-0.1, -0.05) is 29.8 Å². The Balaban J connectivity index is 1.43. The SMILES string of the molecule is Cc1ccc(S(=O)(=O)NCCC(=O)NCc2ccc(N3CCSCC3)cc2)c(C)c1. The largest absolute Gasteiger partial charge is 0.370 e. The summed E-state index contributed by atoms with van der Waals surface area (Å²) in [6, 6.07) is 13.4. The molecule has 2 aromatic rings. The van der Waals surface area contributed by atoms with Gasteiger partial charge in [0.15, 0.2) is 0 Å². The van der Waals surface area contributed by atoms with Gasteiger partial charge in [-0.2, -0.15) is 11.8 Å². The minimum absolute atomic E-state index is 0.0629. The van der Waals surface area contributed by atoms with E-state index in [2.05, 4.69) is 27.1 Å². The van der Waals surface area contributed by atoms with Crippen LogP contribution >= 0.6 is 11.8 Å². The van der Waals surface area contributed by atoms with Crippen LogP contribution in [0, 0.1) is 13.8 Å². The maximum Gasteiger partial charge on any atom is 0.240 e. The molecule has 0 aliphatic carbocycles. The third-order valence-electron chi connectivity index (χ3n) is 5.07. The Bertz CT molecular complexity index is 970. The molecule has 0 spiro atoms. The predicted molar refractivity (Wildman–Crippen MR) is 124 cm³/mol. The monoisotopic (exact) mass is 447 g/mol. The Labute approximate surface area is 183 Å². The highest BCUT2D eigenvalue weighted by Gasteiger charge is 2.17. The van der Waals surface area contributed by atoms with Gasteiger partial charge in [0, 0.05) is 49.8 Å². The first-order chi connectivity index (χ1) is 14.3. The Hall–Kier alpha value is -2.03. The zero-order valence-corrected chi connectivity index (χ0v) is 19.1. The van der Waals surface area contributed by atoms with E-state index in [0.717, 1.165) is 35.7 Å². The quantitative estimate of drug-likeness (QED) is 0.651. The maximum atomic E-state index is 12.4. The number of nitrogens with one attached hydrogen (secondary N) is 2. The summed E-state index contributed by atoms with van der Waals surface area (Å²) in [5, 5.41) is 2.85. The molecular weight excluding hydrogens is 418 g/mol. The first-order valence-electron chi connectivity index (χ1n) is 10.1. The number of hydrogen-bond donors (Lipinski definition) is 2. The number of hydrogen-bond acceptors (Lipinski definition) is 5. The lowest BCUT2D eigenvalue weighted by molar-refractivity contribution is -0.121. The van der Waals surface area contributed by atoms with Crippen LogP contribution in [-0.2, 0) is 21.4 Å². The lowest BCUT2D eigenvalue weighted by atomic mass is 10.2. The molecule has 3 rings (SSSR count). The van der Waals surface area contributed by atoms with Crippen LogP contribution in [0.5, 0.6) is 0 Å². The normalized spacial score (nSPS) is 14.5. The molecule has 8 heteroatoms. The number of benzene rings is 2. The fraction of sp³-hybridized carbons (Fsp3) is 0.409. The van der Waals surface area contributed by atoms with Gasteiger partial charge in [0.2, 0.25) is 15.9 Å². The number of sulfonamides is 1. The second-order valence-corrected chi connectivity index (χ2v) is 10.4. The van der Waals surface area contributed by atoms with Gasteiger partial charge < -0.3 is 10.2 Å². The molecule has 1 saturated heterocycles. The number of rotatable bonds is 8. The van der Waals surface area contributed by atoms with Crippen LogP contribution in [0.1, 0.15) is 23.1 Å². The van der Waals surface area contributed by atoms with Crippen LogP contribution in [0.3, 0.4) is 0 Å². The average Bonchev–Trinajstić information content (AvgIpc) is 2.73. The van der Waals surface area contributed by atoms with Crippen LogP contribution in [0.25, 0.3) is 0 Å². The number of nitrogens with zero attached hydrogens (tertiary/aromatic N) is 1. The van der Waals surface area contributed by atoms with Crippen LogP contribution in [0.4, 0.5) is 5.69 Å². The highest BCUT2D eigenvalue weighted by molar-refractivity contribution is 7.99. The summed E-state index contributed by atoms with van der Waals surface area (Å²) in [4.78, 5) is 14.7. The number of anilines is 1. The summed E-state index contributed by atoms with van der Waals surface area (Å²) in [5.74, 6) is 2.13. The van der Waals surface area contributed by atoms with Crippen molar-refractivity contribution in [3.05, 3.63) is 59.2 Å². The fourth-order valence-electron chi connectivity index (χ4n) is 3.41. The molecule has 1 aliphatic heterocycles. The van der Waals surface area contributed by atoms with E-state index in [-0.39, 0.29) is 23.8 Å². The Kier molecular flexibility index (Phi) is 7.80. The van der Waals surface area contributed by atoms with Crippen molar-refractivity contribution in [1.29, 1.82) is 0 Å². The molecule has 0 radical (unpaired) electrons. The van der Waals surface area contributed by atoms with E-state index in [1.165, 1.54) is 5.69 Å². The molecule has 1 amide bonds. The summed E-state index contributed by atoms with van der Waals surface area (Å²) < 4.78 is 27.4. The van der Waals surface area contributed by atoms with Gasteiger partial charge in [-0.05, 0) is 43.2 Å². The minimum atomic E-state index is -3.62. The first kappa shape index (κ1) is 22.7. The molecule has 162 valence electrons. The first-order valence-corrected chi connectivity index (χ1v) is 12.7. The highest BCUT2D eigenvalue weighted by Crippen LogP contribution is 2.20. The molecule has 0 aromatic heterocycles. The highest BCUT2D eigenvalue weighted by atomic mass is 32.2. The third kappa shape index (κ3) is 6.23. The number of carbonyl (C=O) groups excluding carboxylic acids is 1. The van der Waals surface area contributed by atoms with Crippen LogP contribution in [0.15, 0.2) is 47.4 Å². The molecule has 2 N–H and O–H groups in total. The number of amides is 1. The molecule has 0 bridgehead atoms. The van der Waals surface area contributed by atoms with E-state index in [4.69, 9.17) is 0 Å². The fourth-order valence-corrected chi connectivity index (χ4v) is 5.57. The van der Waals surface area contributed by atoms with Gasteiger partial charge in [-0.15, -0.1) is 0 Å². The number of thioether (sulfide) groups is 1. The number of aryl methyl sites for hydroxylation is 2. The standard InChI is InChI=1S/C22H29N3O3S2/c1-17-3-8-21(18(2)15-17)30(27,28)24-10-9-22(26)23-16-19-4-6-20(7-5-19)25-11-13-29-14-12-25/h3-8,15,24H,9-14,16H2,1-2H3,(H,23,26). The van der Waals surface area contributed by atoms with Crippen molar-refractivity contribution in [2.75, 3.05) is 36.0 Å². The van der Waals surface area contributed by atoms with E-state index < -0.39 is 10.0 Å². The van der Waals surface area contributed by atoms with Crippen molar-refractivity contribution < 1.29 is 13.2 Å². The topological polar surface area (TPSA) is 78.5 Å². The summed E-state index contributed by atoms with van der Waals surface area (Å²) >= 11 is 1.98. The Morgan fingerprint density at radius 2 is 1.77 bits per heavy atom. The summed E-state index contributed by atoms with van der Waals surface area (Å²) in [5.41, 5.74) is 3.94. The summed E-state index contributed by atoms with van der Waals surface area (Å²) in [6.45, 7) is 6.31. The summed E-state index contributed by atoms with van der Waals surface area (Å²) in [7, 11) is -3.62. The van der Waals surface area contributed by atoms with E-state index in [1.54, 1.807) is 19.1 Å². The van der Waals surface area contributed by atoms with Crippen LogP contribution in [-0.4, -0.2) is 45.5 Å². The second kappa shape index (κ2) is 10.3. The zero-order valence-electron chi connectivity index (χ0n) is 17.5. The third-order valence-corrected chi connectivity index (χ3v) is 7.63. The van der Waals surface area contributed by atoms with Crippen molar-refractivity contribution in [3.8, 4) is 0 Å². The van der Waals surface area contributed by atoms with Crippen molar-refractivity contribution in [3.63, 3.8) is 0 Å². The molecule has 1 fully saturated rings. The molecule has 0 atom stereocenters. The molecule has 2 aromatic carbocycles. The predicted octanol–water partition coefficient (Wildman–Crippen LogP) is 2.84. The van der Waals surface area contributed by atoms with Gasteiger partial charge >= 0.3 is 0 Å². The number of carbonyl (C=O) groups is 1. The molecule has 0 unspecified atom stereocenters. The van der Waals surface area contributed by atoms with E-state index in [9.17, 15) is 13.2 Å². The van der Waals surface area contributed by atoms with Crippen molar-refractivity contribution >= 4 is 33.4 Å². The lowest BCUT2D eigenvalue weighted by Gasteiger charge is -2.28. The molecule has 0 saturated carbocycles. The molecule has 30 heavy (non-hydrogen) atoms. The zero-order chi connectivity index (χ0) is 21.6. The van der Waals surface area contributed by atoms with Gasteiger partial charge in [0.1, 0.15) is 0 Å². The average molecular weight is 448 g/mol. The maximum absolute atomic E-state index is 12.4. The van der Waals surface area contributed by atoms with Crippen molar-refractivity contribution in [1.82, 2.24) is 10.0 Å². The van der Waals surface area contributed by atoms with E-state index in [0.29, 0.717) is 12.1 Å². The molecule has 6 nitrogen and oxygen atoms in total. The Morgan fingerprint density at radius 1 is 1.07 bits per heavy atom. The van der Waals surface area contributed by atoms with Crippen LogP contribution in [0.2, 0.25) is 0 Å². The smallest absolute Gasteiger partial charge is 0.240 e. The van der Waals surface area contributed by atoms with Crippen molar-refractivity contribution in [2.45, 2.75) is 31.7 Å². The molecular formula is C22H29N3O3S2. The lowest BCUT2D eigenvalue weighted by Crippen LogP contribution is -2.32. The molecule has 1 heterocycles. The van der Waals surface area contributed by atoms with E-state index in [1.807, 2.05) is 36.9 Å². The Morgan fingerprint density at radius 3 is 2.43 bits per heavy atom.